The van der Waals surface area contributed by atoms with Gasteiger partial charge in [0.1, 0.15) is 11.3 Å². The van der Waals surface area contributed by atoms with Crippen LogP contribution in [0.4, 0.5) is 5.69 Å². The quantitative estimate of drug-likeness (QED) is 0.679. The summed E-state index contributed by atoms with van der Waals surface area (Å²) in [5, 5.41) is 20.0. The molecule has 0 aliphatic rings. The fourth-order valence-electron chi connectivity index (χ4n) is 1.65. The van der Waals surface area contributed by atoms with Crippen LogP contribution >= 0.6 is 0 Å². The number of pyridine rings is 1. The van der Waals surface area contributed by atoms with Gasteiger partial charge in [-0.1, -0.05) is 12.1 Å². The van der Waals surface area contributed by atoms with Gasteiger partial charge >= 0.3 is 11.7 Å². The van der Waals surface area contributed by atoms with Crippen LogP contribution in [-0.2, 0) is 0 Å². The van der Waals surface area contributed by atoms with Crippen molar-refractivity contribution < 1.29 is 19.6 Å². The molecule has 2 rings (SSSR count). The Morgan fingerprint density at radius 2 is 2.15 bits per heavy atom. The molecule has 1 aromatic carbocycles. The molecule has 1 heterocycles. The summed E-state index contributed by atoms with van der Waals surface area (Å²) < 4.78 is 5.43. The van der Waals surface area contributed by atoms with Gasteiger partial charge in [0.05, 0.1) is 4.92 Å². The maximum atomic E-state index is 11.1. The fourth-order valence-corrected chi connectivity index (χ4v) is 1.65. The van der Waals surface area contributed by atoms with Gasteiger partial charge < -0.3 is 9.84 Å². The second kappa shape index (κ2) is 5.35. The lowest BCUT2D eigenvalue weighted by atomic mass is 10.2. The highest BCUT2D eigenvalue weighted by atomic mass is 16.6. The van der Waals surface area contributed by atoms with Crippen molar-refractivity contribution >= 4 is 11.7 Å². The van der Waals surface area contributed by atoms with Crippen LogP contribution in [0.25, 0.3) is 0 Å². The smallest absolute Gasteiger partial charge is 0.341 e. The van der Waals surface area contributed by atoms with Crippen molar-refractivity contribution in [2.45, 2.75) is 6.92 Å². The molecule has 0 aliphatic carbocycles. The lowest BCUT2D eigenvalue weighted by molar-refractivity contribution is -0.385. The second-order valence-electron chi connectivity index (χ2n) is 3.96. The van der Waals surface area contributed by atoms with E-state index in [0.717, 1.165) is 6.20 Å². The third kappa shape index (κ3) is 2.56. The molecule has 7 heteroatoms. The standard InChI is InChI=1S/C13H10N2O5/c1-8-3-2-4-10(15(18)19)12(8)20-11-5-6-14-7-9(11)13(16)17/h2-7H,1H3,(H,16,17). The van der Waals surface area contributed by atoms with Crippen molar-refractivity contribution in [3.8, 4) is 11.5 Å². The molecule has 0 fully saturated rings. The molecular weight excluding hydrogens is 264 g/mol. The van der Waals surface area contributed by atoms with E-state index in [1.807, 2.05) is 0 Å². The number of hydrogen-bond donors (Lipinski definition) is 1. The summed E-state index contributed by atoms with van der Waals surface area (Å²) in [7, 11) is 0. The molecule has 0 bridgehead atoms. The number of ether oxygens (including phenoxy) is 1. The third-order valence-electron chi connectivity index (χ3n) is 2.61. The number of carbonyl (C=O) groups is 1. The van der Waals surface area contributed by atoms with Crippen LogP contribution in [0.5, 0.6) is 11.5 Å². The van der Waals surface area contributed by atoms with Crippen LogP contribution in [0, 0.1) is 17.0 Å². The molecule has 0 saturated heterocycles. The van der Waals surface area contributed by atoms with Crippen molar-refractivity contribution in [1.82, 2.24) is 4.98 Å². The monoisotopic (exact) mass is 274 g/mol. The van der Waals surface area contributed by atoms with Gasteiger partial charge in [-0.05, 0) is 12.5 Å². The number of nitrogens with zero attached hydrogens (tertiary/aromatic N) is 2. The highest BCUT2D eigenvalue weighted by Crippen LogP contribution is 2.35. The van der Waals surface area contributed by atoms with Gasteiger partial charge in [-0.2, -0.15) is 0 Å². The fraction of sp³-hybridized carbons (Fsp3) is 0.0769. The van der Waals surface area contributed by atoms with E-state index in [-0.39, 0.29) is 22.7 Å². The first-order chi connectivity index (χ1) is 9.50. The van der Waals surface area contributed by atoms with Gasteiger partial charge in [-0.15, -0.1) is 0 Å². The number of nitro benzene ring substituents is 1. The van der Waals surface area contributed by atoms with Crippen molar-refractivity contribution in [3.63, 3.8) is 0 Å². The Bertz CT molecular complexity index is 684. The summed E-state index contributed by atoms with van der Waals surface area (Å²) in [6, 6.07) is 5.82. The lowest BCUT2D eigenvalue weighted by Crippen LogP contribution is -2.02. The zero-order chi connectivity index (χ0) is 14.7. The number of nitro groups is 1. The first kappa shape index (κ1) is 13.5. The average molecular weight is 274 g/mol. The molecule has 1 aromatic heterocycles. The molecule has 0 spiro atoms. The SMILES string of the molecule is Cc1cccc([N+](=O)[O-])c1Oc1ccncc1C(=O)O. The van der Waals surface area contributed by atoms with Crippen molar-refractivity contribution in [2.24, 2.45) is 0 Å². The minimum Gasteiger partial charge on any atom is -0.477 e. The van der Waals surface area contributed by atoms with E-state index in [1.165, 1.54) is 24.4 Å². The molecule has 102 valence electrons. The first-order valence-electron chi connectivity index (χ1n) is 5.60. The maximum Gasteiger partial charge on any atom is 0.341 e. The highest BCUT2D eigenvalue weighted by Gasteiger charge is 2.20. The predicted octanol–water partition coefficient (Wildman–Crippen LogP) is 2.79. The number of aromatic carboxylic acids is 1. The summed E-state index contributed by atoms with van der Waals surface area (Å²) in [5.74, 6) is -1.19. The van der Waals surface area contributed by atoms with E-state index in [4.69, 9.17) is 9.84 Å². The predicted molar refractivity (Wildman–Crippen MR) is 69.1 cm³/mol. The van der Waals surface area contributed by atoms with Crippen LogP contribution in [0.15, 0.2) is 36.7 Å². The summed E-state index contributed by atoms with van der Waals surface area (Å²) in [6.07, 6.45) is 2.48. The normalized spacial score (nSPS) is 10.1. The second-order valence-corrected chi connectivity index (χ2v) is 3.96. The van der Waals surface area contributed by atoms with E-state index in [9.17, 15) is 14.9 Å². The molecule has 0 unspecified atom stereocenters. The average Bonchev–Trinajstić information content (AvgIpc) is 2.41. The number of benzene rings is 1. The van der Waals surface area contributed by atoms with Crippen LogP contribution in [0.2, 0.25) is 0 Å². The number of carboxylic acids is 1. The molecular formula is C13H10N2O5. The number of para-hydroxylation sites is 1. The van der Waals surface area contributed by atoms with Crippen molar-refractivity contribution in [3.05, 3.63) is 57.9 Å². The molecule has 0 aliphatic heterocycles. The first-order valence-corrected chi connectivity index (χ1v) is 5.60. The molecule has 7 nitrogen and oxygen atoms in total. The molecule has 20 heavy (non-hydrogen) atoms. The number of aromatic nitrogens is 1. The largest absolute Gasteiger partial charge is 0.477 e. The molecule has 0 amide bonds. The zero-order valence-electron chi connectivity index (χ0n) is 10.4. The minimum absolute atomic E-state index is 0.00454. The van der Waals surface area contributed by atoms with E-state index >= 15 is 0 Å². The summed E-state index contributed by atoms with van der Waals surface area (Å²) in [5.41, 5.74) is 0.149. The van der Waals surface area contributed by atoms with E-state index in [1.54, 1.807) is 13.0 Å². The summed E-state index contributed by atoms with van der Waals surface area (Å²) in [6.45, 7) is 1.64. The van der Waals surface area contributed by atoms with Crippen LogP contribution < -0.4 is 4.74 Å². The Hall–Kier alpha value is -2.96. The van der Waals surface area contributed by atoms with Gasteiger partial charge in [0.15, 0.2) is 0 Å². The van der Waals surface area contributed by atoms with Crippen LogP contribution in [0.3, 0.4) is 0 Å². The Morgan fingerprint density at radius 1 is 1.40 bits per heavy atom. The Kier molecular flexibility index (Phi) is 3.60. The van der Waals surface area contributed by atoms with Crippen molar-refractivity contribution in [2.75, 3.05) is 0 Å². The number of aryl methyl sites for hydroxylation is 1. The summed E-state index contributed by atoms with van der Waals surface area (Å²) in [4.78, 5) is 25.2. The Balaban J connectivity index is 2.51. The van der Waals surface area contributed by atoms with Gasteiger partial charge in [0.25, 0.3) is 0 Å². The van der Waals surface area contributed by atoms with E-state index in [0.29, 0.717) is 5.56 Å². The van der Waals surface area contributed by atoms with Gasteiger partial charge in [-0.3, -0.25) is 15.1 Å². The Labute approximate surface area is 113 Å². The maximum absolute atomic E-state index is 11.1. The van der Waals surface area contributed by atoms with Crippen molar-refractivity contribution in [1.29, 1.82) is 0 Å². The molecule has 0 saturated carbocycles. The highest BCUT2D eigenvalue weighted by molar-refractivity contribution is 5.90. The number of rotatable bonds is 4. The molecule has 2 aromatic rings. The topological polar surface area (TPSA) is 103 Å². The van der Waals surface area contributed by atoms with E-state index in [2.05, 4.69) is 4.98 Å². The van der Waals surface area contributed by atoms with Gasteiger partial charge in [0, 0.05) is 24.5 Å². The van der Waals surface area contributed by atoms with Crippen LogP contribution in [0.1, 0.15) is 15.9 Å². The number of carboxylic acid groups (broad SMARTS) is 1. The minimum atomic E-state index is -1.22. The third-order valence-corrected chi connectivity index (χ3v) is 2.61. The lowest BCUT2D eigenvalue weighted by Gasteiger charge is -2.10. The summed E-state index contributed by atoms with van der Waals surface area (Å²) >= 11 is 0. The molecule has 1 N–H and O–H groups in total. The molecule has 0 radical (unpaired) electrons. The number of hydrogen-bond acceptors (Lipinski definition) is 5. The van der Waals surface area contributed by atoms with Crippen LogP contribution in [-0.4, -0.2) is 21.0 Å². The van der Waals surface area contributed by atoms with Gasteiger partial charge in [0.2, 0.25) is 5.75 Å². The Morgan fingerprint density at radius 3 is 2.80 bits per heavy atom. The molecule has 0 atom stereocenters. The zero-order valence-corrected chi connectivity index (χ0v) is 10.4. The van der Waals surface area contributed by atoms with E-state index < -0.39 is 10.9 Å². The van der Waals surface area contributed by atoms with Gasteiger partial charge in [-0.25, -0.2) is 4.79 Å².